The van der Waals surface area contributed by atoms with Gasteiger partial charge < -0.3 is 14.2 Å². The van der Waals surface area contributed by atoms with Crippen molar-refractivity contribution >= 4 is 6.29 Å². The van der Waals surface area contributed by atoms with Crippen LogP contribution in [0.5, 0.6) is 17.2 Å². The molecule has 0 N–H and O–H groups in total. The van der Waals surface area contributed by atoms with Gasteiger partial charge in [0.1, 0.15) is 12.0 Å². The monoisotopic (exact) mass is 272 g/mol. The van der Waals surface area contributed by atoms with Crippen LogP contribution in [0.4, 0.5) is 0 Å². The zero-order valence-electron chi connectivity index (χ0n) is 11.7. The van der Waals surface area contributed by atoms with Gasteiger partial charge in [0.05, 0.1) is 21.3 Å². The number of aldehydes is 1. The van der Waals surface area contributed by atoms with E-state index < -0.39 is 0 Å². The van der Waals surface area contributed by atoms with E-state index in [0.29, 0.717) is 17.1 Å². The fraction of sp³-hybridized carbons (Fsp3) is 0.188. The third kappa shape index (κ3) is 2.59. The van der Waals surface area contributed by atoms with Crippen LogP contribution in [0.15, 0.2) is 36.4 Å². The average molecular weight is 272 g/mol. The zero-order valence-corrected chi connectivity index (χ0v) is 11.7. The van der Waals surface area contributed by atoms with Crippen molar-refractivity contribution in [1.29, 1.82) is 0 Å². The van der Waals surface area contributed by atoms with Crippen molar-refractivity contribution in [3.8, 4) is 28.4 Å². The minimum Gasteiger partial charge on any atom is -0.497 e. The van der Waals surface area contributed by atoms with Crippen molar-refractivity contribution in [3.05, 3.63) is 42.0 Å². The molecule has 0 saturated carbocycles. The van der Waals surface area contributed by atoms with Crippen molar-refractivity contribution in [2.24, 2.45) is 0 Å². The number of ether oxygens (including phenoxy) is 3. The van der Waals surface area contributed by atoms with E-state index in [1.807, 2.05) is 24.3 Å². The number of benzene rings is 2. The van der Waals surface area contributed by atoms with Crippen LogP contribution in [0.25, 0.3) is 11.1 Å². The molecule has 0 amide bonds. The summed E-state index contributed by atoms with van der Waals surface area (Å²) in [6.45, 7) is 0. The van der Waals surface area contributed by atoms with E-state index in [0.717, 1.165) is 23.2 Å². The summed E-state index contributed by atoms with van der Waals surface area (Å²) in [7, 11) is 4.72. The van der Waals surface area contributed by atoms with Crippen molar-refractivity contribution in [1.82, 2.24) is 0 Å². The summed E-state index contributed by atoms with van der Waals surface area (Å²) in [5.74, 6) is 1.85. The van der Waals surface area contributed by atoms with Gasteiger partial charge in [-0.3, -0.25) is 4.79 Å². The Morgan fingerprint density at radius 1 is 0.950 bits per heavy atom. The summed E-state index contributed by atoms with van der Waals surface area (Å²) < 4.78 is 15.9. The second-order valence-electron chi connectivity index (χ2n) is 4.15. The van der Waals surface area contributed by atoms with E-state index in [9.17, 15) is 4.79 Å². The first-order chi connectivity index (χ1) is 9.73. The molecule has 20 heavy (non-hydrogen) atoms. The maximum absolute atomic E-state index is 11.1. The van der Waals surface area contributed by atoms with Gasteiger partial charge in [0, 0.05) is 11.1 Å². The number of hydrogen-bond acceptors (Lipinski definition) is 4. The summed E-state index contributed by atoms with van der Waals surface area (Å²) >= 11 is 0. The van der Waals surface area contributed by atoms with E-state index in [1.54, 1.807) is 33.5 Å². The Morgan fingerprint density at radius 2 is 1.75 bits per heavy atom. The quantitative estimate of drug-likeness (QED) is 0.784. The molecule has 0 heterocycles. The minimum atomic E-state index is 0.523. The van der Waals surface area contributed by atoms with E-state index in [2.05, 4.69) is 0 Å². The molecule has 0 fully saturated rings. The highest BCUT2D eigenvalue weighted by Crippen LogP contribution is 2.39. The molecule has 0 saturated heterocycles. The molecule has 0 spiro atoms. The molecule has 0 aliphatic rings. The highest BCUT2D eigenvalue weighted by molar-refractivity contribution is 5.84. The number of rotatable bonds is 5. The summed E-state index contributed by atoms with van der Waals surface area (Å²) in [6.07, 6.45) is 0.783. The number of carbonyl (C=O) groups is 1. The van der Waals surface area contributed by atoms with Gasteiger partial charge in [0.2, 0.25) is 0 Å². The van der Waals surface area contributed by atoms with Crippen LogP contribution < -0.4 is 14.2 Å². The van der Waals surface area contributed by atoms with Crippen LogP contribution >= 0.6 is 0 Å². The maximum Gasteiger partial charge on any atom is 0.168 e. The lowest BCUT2D eigenvalue weighted by Gasteiger charge is -2.14. The highest BCUT2D eigenvalue weighted by atomic mass is 16.5. The predicted octanol–water partition coefficient (Wildman–Crippen LogP) is 3.19. The molecule has 0 aliphatic carbocycles. The molecular weight excluding hydrogens is 256 g/mol. The Kier molecular flexibility index (Phi) is 4.25. The molecule has 0 aromatic heterocycles. The third-order valence-corrected chi connectivity index (χ3v) is 3.02. The summed E-state index contributed by atoms with van der Waals surface area (Å²) in [5.41, 5.74) is 2.21. The van der Waals surface area contributed by atoms with Crippen LogP contribution in [-0.2, 0) is 0 Å². The van der Waals surface area contributed by atoms with Crippen molar-refractivity contribution in [2.75, 3.05) is 21.3 Å². The minimum absolute atomic E-state index is 0.523. The average Bonchev–Trinajstić information content (AvgIpc) is 2.53. The zero-order chi connectivity index (χ0) is 14.5. The molecule has 104 valence electrons. The second-order valence-corrected chi connectivity index (χ2v) is 4.15. The summed E-state index contributed by atoms with van der Waals surface area (Å²) in [5, 5.41) is 0. The smallest absolute Gasteiger partial charge is 0.168 e. The van der Waals surface area contributed by atoms with E-state index in [1.165, 1.54) is 0 Å². The molecule has 2 aromatic carbocycles. The topological polar surface area (TPSA) is 44.8 Å². The number of hydrogen-bond donors (Lipinski definition) is 0. The summed E-state index contributed by atoms with van der Waals surface area (Å²) in [6, 6.07) is 11.0. The molecule has 0 radical (unpaired) electrons. The van der Waals surface area contributed by atoms with E-state index >= 15 is 0 Å². The molecule has 0 aliphatic heterocycles. The van der Waals surface area contributed by atoms with Gasteiger partial charge in [-0.25, -0.2) is 0 Å². The summed E-state index contributed by atoms with van der Waals surface area (Å²) in [4.78, 5) is 11.1. The lowest BCUT2D eigenvalue weighted by molar-refractivity contribution is 0.112. The fourth-order valence-electron chi connectivity index (χ4n) is 2.06. The SMILES string of the molecule is COc1cccc(-c2cc(C=O)cc(OC)c2OC)c1. The largest absolute Gasteiger partial charge is 0.497 e. The van der Waals surface area contributed by atoms with E-state index in [4.69, 9.17) is 14.2 Å². The molecular formula is C16H16O4. The van der Waals surface area contributed by atoms with Crippen molar-refractivity contribution in [3.63, 3.8) is 0 Å². The highest BCUT2D eigenvalue weighted by Gasteiger charge is 2.14. The van der Waals surface area contributed by atoms with E-state index in [-0.39, 0.29) is 0 Å². The van der Waals surface area contributed by atoms with Gasteiger partial charge >= 0.3 is 0 Å². The maximum atomic E-state index is 11.1. The first kappa shape index (κ1) is 13.9. The van der Waals surface area contributed by atoms with Crippen molar-refractivity contribution in [2.45, 2.75) is 0 Å². The molecule has 2 aromatic rings. The van der Waals surface area contributed by atoms with Gasteiger partial charge in [0.25, 0.3) is 0 Å². The third-order valence-electron chi connectivity index (χ3n) is 3.02. The normalized spacial score (nSPS) is 9.95. The van der Waals surface area contributed by atoms with Crippen LogP contribution in [0.2, 0.25) is 0 Å². The first-order valence-electron chi connectivity index (χ1n) is 6.09. The Bertz CT molecular complexity index is 620. The van der Waals surface area contributed by atoms with Crippen LogP contribution in [0.3, 0.4) is 0 Å². The van der Waals surface area contributed by atoms with Gasteiger partial charge in [-0.05, 0) is 29.8 Å². The Hall–Kier alpha value is -2.49. The fourth-order valence-corrected chi connectivity index (χ4v) is 2.06. The van der Waals surface area contributed by atoms with Gasteiger partial charge in [-0.15, -0.1) is 0 Å². The van der Waals surface area contributed by atoms with Gasteiger partial charge in [0.15, 0.2) is 11.5 Å². The standard InChI is InChI=1S/C16H16O4/c1-18-13-6-4-5-12(9-13)14-7-11(10-17)8-15(19-2)16(14)20-3/h4-10H,1-3H3. The molecule has 0 atom stereocenters. The second kappa shape index (κ2) is 6.10. The van der Waals surface area contributed by atoms with Crippen LogP contribution in [0, 0.1) is 0 Å². The lowest BCUT2D eigenvalue weighted by Crippen LogP contribution is -1.96. The lowest BCUT2D eigenvalue weighted by atomic mass is 10.0. The predicted molar refractivity (Wildman–Crippen MR) is 76.9 cm³/mol. The Morgan fingerprint density at radius 3 is 2.35 bits per heavy atom. The molecule has 0 bridgehead atoms. The van der Waals surface area contributed by atoms with Gasteiger partial charge in [-0.1, -0.05) is 12.1 Å². The molecule has 2 rings (SSSR count). The first-order valence-corrected chi connectivity index (χ1v) is 6.09. The Labute approximate surface area is 117 Å². The molecule has 0 unspecified atom stereocenters. The number of methoxy groups -OCH3 is 3. The van der Waals surface area contributed by atoms with Gasteiger partial charge in [-0.2, -0.15) is 0 Å². The number of carbonyl (C=O) groups excluding carboxylic acids is 1. The van der Waals surface area contributed by atoms with Crippen LogP contribution in [-0.4, -0.2) is 27.6 Å². The van der Waals surface area contributed by atoms with Crippen LogP contribution in [0.1, 0.15) is 10.4 Å². The molecule has 4 heteroatoms. The molecule has 4 nitrogen and oxygen atoms in total. The Balaban J connectivity index is 2.66. The van der Waals surface area contributed by atoms with Crippen molar-refractivity contribution < 1.29 is 19.0 Å².